The second-order valence-electron chi connectivity index (χ2n) is 9.02. The number of aromatic nitrogens is 4. The molecule has 0 unspecified atom stereocenters. The molecule has 4 aromatic rings. The molecule has 2 N–H and O–H groups in total. The number of benzene rings is 2. The first kappa shape index (κ1) is 23.2. The normalized spacial score (nSPS) is 16.5. The molecule has 2 saturated heterocycles. The van der Waals surface area contributed by atoms with Crippen LogP contribution in [0.3, 0.4) is 0 Å². The Morgan fingerprint density at radius 1 is 1.00 bits per heavy atom. The molecule has 37 heavy (non-hydrogen) atoms. The van der Waals surface area contributed by atoms with Gasteiger partial charge < -0.3 is 29.4 Å². The Morgan fingerprint density at radius 2 is 1.78 bits per heavy atom. The predicted octanol–water partition coefficient (Wildman–Crippen LogP) is 4.03. The minimum atomic E-state index is 0.0502. The van der Waals surface area contributed by atoms with E-state index in [0.717, 1.165) is 56.1 Å². The van der Waals surface area contributed by atoms with Crippen LogP contribution in [0.4, 0.5) is 17.3 Å². The quantitative estimate of drug-likeness (QED) is 0.407. The minimum absolute atomic E-state index is 0.0502. The lowest BCUT2D eigenvalue weighted by Gasteiger charge is -2.28. The first-order valence-electron chi connectivity index (χ1n) is 12.5. The lowest BCUT2D eigenvalue weighted by molar-refractivity contribution is 0.0254. The number of hydrogen-bond acceptors (Lipinski definition) is 9. The second-order valence-corrected chi connectivity index (χ2v) is 9.02. The smallest absolute Gasteiger partial charge is 0.229 e. The molecule has 0 bridgehead atoms. The van der Waals surface area contributed by atoms with Crippen LogP contribution in [0.2, 0.25) is 0 Å². The van der Waals surface area contributed by atoms with E-state index in [0.29, 0.717) is 47.3 Å². The highest BCUT2D eigenvalue weighted by Crippen LogP contribution is 2.31. The van der Waals surface area contributed by atoms with Crippen LogP contribution in [0, 0.1) is 11.3 Å². The van der Waals surface area contributed by atoms with Crippen molar-refractivity contribution in [1.82, 2.24) is 19.9 Å². The summed E-state index contributed by atoms with van der Waals surface area (Å²) < 4.78 is 17.0. The molecule has 2 aromatic carbocycles. The Labute approximate surface area is 214 Å². The third-order valence-electron chi connectivity index (χ3n) is 6.61. The summed E-state index contributed by atoms with van der Waals surface area (Å²) >= 11 is 0. The molecule has 2 fully saturated rings. The largest absolute Gasteiger partial charge is 0.489 e. The molecule has 0 aliphatic carbocycles. The van der Waals surface area contributed by atoms with E-state index in [2.05, 4.69) is 43.4 Å². The van der Waals surface area contributed by atoms with Crippen molar-refractivity contribution >= 4 is 28.5 Å². The molecule has 0 saturated carbocycles. The maximum atomic E-state index is 9.83. The standard InChI is InChI=1S/C27H27N7O3/c28-16-19-15-18(1-6-23(19)37-22-7-11-35-12-8-22)24-25-26(30-17-29-25)33-27(32-24)31-20-2-4-21(5-3-20)34-9-13-36-14-10-34/h1-6,15,17,22H,7-14H2,(H2,29,30,31,32,33). The van der Waals surface area contributed by atoms with Gasteiger partial charge >= 0.3 is 0 Å². The molecular weight excluding hydrogens is 470 g/mol. The van der Waals surface area contributed by atoms with Crippen LogP contribution >= 0.6 is 0 Å². The molecule has 10 nitrogen and oxygen atoms in total. The maximum Gasteiger partial charge on any atom is 0.229 e. The van der Waals surface area contributed by atoms with Gasteiger partial charge in [0.2, 0.25) is 5.95 Å². The summed E-state index contributed by atoms with van der Waals surface area (Å²) in [5.41, 5.74) is 5.13. The van der Waals surface area contributed by atoms with Crippen molar-refractivity contribution in [3.63, 3.8) is 0 Å². The topological polar surface area (TPSA) is 121 Å². The third-order valence-corrected chi connectivity index (χ3v) is 6.61. The van der Waals surface area contributed by atoms with E-state index in [9.17, 15) is 5.26 Å². The van der Waals surface area contributed by atoms with E-state index in [1.54, 1.807) is 12.4 Å². The molecule has 4 heterocycles. The van der Waals surface area contributed by atoms with Crippen molar-refractivity contribution in [3.8, 4) is 23.1 Å². The van der Waals surface area contributed by atoms with Crippen LogP contribution in [0.25, 0.3) is 22.4 Å². The predicted molar refractivity (Wildman–Crippen MR) is 139 cm³/mol. The molecule has 0 atom stereocenters. The van der Waals surface area contributed by atoms with Crippen molar-refractivity contribution in [2.75, 3.05) is 49.7 Å². The molecule has 10 heteroatoms. The van der Waals surface area contributed by atoms with Gasteiger partial charge in [-0.25, -0.2) is 9.97 Å². The molecule has 0 radical (unpaired) electrons. The number of morpholine rings is 1. The van der Waals surface area contributed by atoms with Crippen molar-refractivity contribution in [2.45, 2.75) is 18.9 Å². The Bertz CT molecular complexity index is 1420. The van der Waals surface area contributed by atoms with E-state index in [4.69, 9.17) is 19.2 Å². The van der Waals surface area contributed by atoms with Crippen molar-refractivity contribution < 1.29 is 14.2 Å². The van der Waals surface area contributed by atoms with Gasteiger partial charge in [-0.2, -0.15) is 10.2 Å². The lowest BCUT2D eigenvalue weighted by atomic mass is 10.1. The Morgan fingerprint density at radius 3 is 2.57 bits per heavy atom. The van der Waals surface area contributed by atoms with Gasteiger partial charge in [0.05, 0.1) is 38.3 Å². The third kappa shape index (κ3) is 5.05. The minimum Gasteiger partial charge on any atom is -0.489 e. The zero-order chi connectivity index (χ0) is 25.0. The highest BCUT2D eigenvalue weighted by atomic mass is 16.5. The van der Waals surface area contributed by atoms with Gasteiger partial charge in [-0.1, -0.05) is 0 Å². The van der Waals surface area contributed by atoms with Gasteiger partial charge in [0.25, 0.3) is 0 Å². The average molecular weight is 498 g/mol. The number of nitriles is 1. The SMILES string of the molecule is N#Cc1cc(-c2nc(Nc3ccc(N4CCOCC4)cc3)nc3[nH]cnc23)ccc1OC1CCOCC1. The molecule has 0 spiro atoms. The molecular formula is C27H27N7O3. The summed E-state index contributed by atoms with van der Waals surface area (Å²) in [4.78, 5) is 19.2. The van der Waals surface area contributed by atoms with Crippen molar-refractivity contribution in [1.29, 1.82) is 5.26 Å². The number of rotatable bonds is 6. The second kappa shape index (κ2) is 10.4. The number of nitrogens with one attached hydrogen (secondary N) is 2. The lowest BCUT2D eigenvalue weighted by Crippen LogP contribution is -2.36. The van der Waals surface area contributed by atoms with Crippen LogP contribution in [-0.2, 0) is 9.47 Å². The van der Waals surface area contributed by atoms with Crippen LogP contribution in [0.1, 0.15) is 18.4 Å². The monoisotopic (exact) mass is 497 g/mol. The fraction of sp³-hybridized carbons (Fsp3) is 0.333. The van der Waals surface area contributed by atoms with Crippen molar-refractivity contribution in [3.05, 3.63) is 54.4 Å². The zero-order valence-corrected chi connectivity index (χ0v) is 20.3. The fourth-order valence-electron chi connectivity index (χ4n) is 4.64. The average Bonchev–Trinajstić information content (AvgIpc) is 3.43. The van der Waals surface area contributed by atoms with Crippen molar-refractivity contribution in [2.24, 2.45) is 0 Å². The number of aromatic amines is 1. The molecule has 6 rings (SSSR count). The summed E-state index contributed by atoms with van der Waals surface area (Å²) in [7, 11) is 0. The summed E-state index contributed by atoms with van der Waals surface area (Å²) in [5.74, 6) is 1.01. The number of H-pyrrole nitrogens is 1. The van der Waals surface area contributed by atoms with E-state index >= 15 is 0 Å². The molecule has 2 aliphatic rings. The molecule has 2 aliphatic heterocycles. The number of imidazole rings is 1. The number of ether oxygens (including phenoxy) is 3. The number of fused-ring (bicyclic) bond motifs is 1. The fourth-order valence-corrected chi connectivity index (χ4v) is 4.64. The van der Waals surface area contributed by atoms with E-state index in [-0.39, 0.29) is 6.10 Å². The van der Waals surface area contributed by atoms with Gasteiger partial charge in [-0.15, -0.1) is 0 Å². The van der Waals surface area contributed by atoms with Gasteiger partial charge in [-0.3, -0.25) is 0 Å². The van der Waals surface area contributed by atoms with E-state index < -0.39 is 0 Å². The highest BCUT2D eigenvalue weighted by Gasteiger charge is 2.19. The summed E-state index contributed by atoms with van der Waals surface area (Å²) in [6.07, 6.45) is 3.27. The van der Waals surface area contributed by atoms with Crippen LogP contribution < -0.4 is 15.0 Å². The number of nitrogens with zero attached hydrogens (tertiary/aromatic N) is 5. The number of anilines is 3. The number of hydrogen-bond donors (Lipinski definition) is 2. The summed E-state index contributed by atoms with van der Waals surface area (Å²) in [5, 5.41) is 13.1. The van der Waals surface area contributed by atoms with E-state index in [1.807, 2.05) is 24.3 Å². The molecule has 0 amide bonds. The van der Waals surface area contributed by atoms with Gasteiger partial charge in [0.1, 0.15) is 29.1 Å². The van der Waals surface area contributed by atoms with Gasteiger partial charge in [-0.05, 0) is 42.5 Å². The van der Waals surface area contributed by atoms with E-state index in [1.165, 1.54) is 0 Å². The maximum absolute atomic E-state index is 9.83. The zero-order valence-electron chi connectivity index (χ0n) is 20.3. The molecule has 188 valence electrons. The summed E-state index contributed by atoms with van der Waals surface area (Å²) in [6, 6.07) is 16.0. The van der Waals surface area contributed by atoms with Crippen LogP contribution in [0.15, 0.2) is 48.8 Å². The van der Waals surface area contributed by atoms with Gasteiger partial charge in [0, 0.05) is 42.9 Å². The van der Waals surface area contributed by atoms with Gasteiger partial charge in [0.15, 0.2) is 5.65 Å². The Kier molecular flexibility index (Phi) is 6.54. The first-order chi connectivity index (χ1) is 18.3. The van der Waals surface area contributed by atoms with Crippen LogP contribution in [-0.4, -0.2) is 65.6 Å². The van der Waals surface area contributed by atoms with Crippen LogP contribution in [0.5, 0.6) is 5.75 Å². The summed E-state index contributed by atoms with van der Waals surface area (Å²) in [6.45, 7) is 4.62. The molecule has 2 aromatic heterocycles. The Hall–Kier alpha value is -4.20. The Balaban J connectivity index is 1.27. The first-order valence-corrected chi connectivity index (χ1v) is 12.5. The highest BCUT2D eigenvalue weighted by molar-refractivity contribution is 5.88.